The van der Waals surface area contributed by atoms with Gasteiger partial charge in [-0.3, -0.25) is 0 Å². The van der Waals surface area contributed by atoms with Crippen LogP contribution < -0.4 is 0 Å². The molecule has 0 bridgehead atoms. The number of rotatable bonds is 15. The Morgan fingerprint density at radius 2 is 0.955 bits per heavy atom. The summed E-state index contributed by atoms with van der Waals surface area (Å²) in [5.74, 6) is -0.207. The van der Waals surface area contributed by atoms with Crippen molar-refractivity contribution in [2.24, 2.45) is 50.2 Å². The molecule has 14 unspecified atom stereocenters. The fourth-order valence-corrected chi connectivity index (χ4v) is 18.0. The van der Waals surface area contributed by atoms with Crippen molar-refractivity contribution in [3.63, 3.8) is 0 Å². The first kappa shape index (κ1) is 69.4. The fraction of sp³-hybridized carbons (Fsp3) is 0.967. The smallest absolute Gasteiger partial charge is 0.187 e. The highest BCUT2D eigenvalue weighted by atomic mass is 16.8. The van der Waals surface area contributed by atoms with Gasteiger partial charge in [-0.25, -0.2) is 0 Å². The molecule has 0 aromatic carbocycles. The van der Waals surface area contributed by atoms with Crippen LogP contribution in [0.5, 0.6) is 0 Å². The molecule has 18 N–H and O–H groups in total. The summed E-state index contributed by atoms with van der Waals surface area (Å²) in [7, 11) is 0. The van der Waals surface area contributed by atoms with Crippen molar-refractivity contribution in [1.29, 1.82) is 0 Å². The second-order valence-electron chi connectivity index (χ2n) is 29.3. The molecule has 5 heterocycles. The second kappa shape index (κ2) is 25.6. The molecule has 10 rings (SSSR count). The Balaban J connectivity index is 0.885. The normalized spacial score (nSPS) is 55.3. The topological polar surface area (TPSA) is 456 Å². The van der Waals surface area contributed by atoms with E-state index in [4.69, 9.17) is 47.4 Å². The van der Waals surface area contributed by atoms with E-state index in [1.807, 2.05) is 13.8 Å². The minimum Gasteiger partial charge on any atom is -0.394 e. The van der Waals surface area contributed by atoms with E-state index in [0.29, 0.717) is 38.5 Å². The third-order valence-electron chi connectivity index (χ3n) is 23.8. The van der Waals surface area contributed by atoms with Gasteiger partial charge in [0.1, 0.15) is 116 Å². The van der Waals surface area contributed by atoms with E-state index in [0.717, 1.165) is 18.4 Å². The molecule has 0 aromatic rings. The van der Waals surface area contributed by atoms with E-state index < -0.39 is 226 Å². The van der Waals surface area contributed by atoms with Gasteiger partial charge in [0.15, 0.2) is 31.5 Å². The molecule has 4 saturated carbocycles. The maximum Gasteiger partial charge on any atom is 0.187 e. The molecule has 5 aliphatic carbocycles. The number of aliphatic hydroxyl groups excluding tert-OH is 18. The van der Waals surface area contributed by atoms with E-state index >= 15 is 0 Å². The van der Waals surface area contributed by atoms with E-state index in [9.17, 15) is 91.9 Å². The van der Waals surface area contributed by atoms with Crippen molar-refractivity contribution in [1.82, 2.24) is 0 Å². The number of ether oxygens (including phenoxy) is 10. The second-order valence-corrected chi connectivity index (χ2v) is 29.3. The largest absolute Gasteiger partial charge is 0.394 e. The Morgan fingerprint density at radius 1 is 0.466 bits per heavy atom. The summed E-state index contributed by atoms with van der Waals surface area (Å²) < 4.78 is 60.2. The molecule has 10 aliphatic rings. The van der Waals surface area contributed by atoms with Gasteiger partial charge in [-0.1, -0.05) is 60.1 Å². The van der Waals surface area contributed by atoms with Crippen LogP contribution >= 0.6 is 0 Å². The number of fused-ring (bicyclic) bond motifs is 7. The lowest BCUT2D eigenvalue weighted by atomic mass is 9.33. The molecule has 28 heteroatoms. The highest BCUT2D eigenvalue weighted by Gasteiger charge is 2.71. The molecule has 5 saturated heterocycles. The molecular formula is C60H100O28. The van der Waals surface area contributed by atoms with E-state index in [1.54, 1.807) is 0 Å². The Labute approximate surface area is 511 Å². The van der Waals surface area contributed by atoms with Crippen LogP contribution in [0.4, 0.5) is 0 Å². The van der Waals surface area contributed by atoms with Crippen LogP contribution in [0.1, 0.15) is 107 Å². The van der Waals surface area contributed by atoms with Crippen LogP contribution in [-0.2, 0) is 47.4 Å². The maximum absolute atomic E-state index is 12.7. The summed E-state index contributed by atoms with van der Waals surface area (Å²) in [6.07, 6.45) is -36.5. The lowest BCUT2D eigenvalue weighted by Gasteiger charge is -2.72. The van der Waals surface area contributed by atoms with Gasteiger partial charge < -0.3 is 139 Å². The van der Waals surface area contributed by atoms with E-state index in [1.165, 1.54) is 6.92 Å². The molecule has 28 nitrogen and oxygen atoms in total. The van der Waals surface area contributed by atoms with Crippen molar-refractivity contribution < 1.29 is 139 Å². The SMILES string of the molecule is CC1O[C@@H](O[C@H]2C(O)[C@H](O)C(CO[C@@H]3OC(CO)[C@@H](O)C(O)[C@@H]3O)O[C@H]2OCC23CC[C@]4(C)C(=CCC5[C@@]6(C)CC[C@H](O[C@@H]7OC(CO[C@@H]8OC(CO)[C@@H](O)C(O)[C@@H]8O)[C@@H](O)C(O)[C@@H]7O)C(C)(C)C6CC[C@]54C)C2CC(C)(C)[C@@H](O)[C@@H]3O)[C@@H](O)C(O)[C@H]1O. The van der Waals surface area contributed by atoms with E-state index in [-0.39, 0.29) is 29.3 Å². The number of aliphatic hydroxyl groups is 18. The van der Waals surface area contributed by atoms with Crippen molar-refractivity contribution >= 4 is 0 Å². The summed E-state index contributed by atoms with van der Waals surface area (Å²) in [6.45, 7) is 13.7. The molecule has 508 valence electrons. The molecule has 0 aromatic heterocycles. The zero-order valence-corrected chi connectivity index (χ0v) is 51.3. The van der Waals surface area contributed by atoms with Gasteiger partial charge in [-0.05, 0) is 103 Å². The van der Waals surface area contributed by atoms with Crippen molar-refractivity contribution in [3.05, 3.63) is 11.6 Å². The van der Waals surface area contributed by atoms with Gasteiger partial charge in [0.25, 0.3) is 0 Å². The zero-order chi connectivity index (χ0) is 64.4. The maximum atomic E-state index is 12.7. The number of hydrogen-bond acceptors (Lipinski definition) is 28. The van der Waals surface area contributed by atoms with Crippen molar-refractivity contribution in [2.75, 3.05) is 33.0 Å². The van der Waals surface area contributed by atoms with Gasteiger partial charge in [0, 0.05) is 5.41 Å². The van der Waals surface area contributed by atoms with Gasteiger partial charge in [-0.15, -0.1) is 0 Å². The van der Waals surface area contributed by atoms with Crippen LogP contribution in [0.25, 0.3) is 0 Å². The highest BCUT2D eigenvalue weighted by Crippen LogP contribution is 2.76. The molecule has 0 amide bonds. The lowest BCUT2D eigenvalue weighted by molar-refractivity contribution is -0.374. The van der Waals surface area contributed by atoms with Crippen LogP contribution in [-0.4, -0.2) is 297 Å². The number of hydrogen-bond donors (Lipinski definition) is 18. The zero-order valence-electron chi connectivity index (χ0n) is 51.3. The van der Waals surface area contributed by atoms with Crippen LogP contribution in [0, 0.1) is 50.2 Å². The third kappa shape index (κ3) is 11.5. The summed E-state index contributed by atoms with van der Waals surface area (Å²) in [5.41, 5.74) is -2.51. The minimum absolute atomic E-state index is 0.0706. The molecular weight excluding hydrogens is 1170 g/mol. The van der Waals surface area contributed by atoms with Crippen LogP contribution in [0.2, 0.25) is 0 Å². The average Bonchev–Trinajstić information content (AvgIpc) is 0.919. The number of allylic oxidation sites excluding steroid dienone is 2. The van der Waals surface area contributed by atoms with E-state index in [2.05, 4.69) is 40.7 Å². The van der Waals surface area contributed by atoms with Crippen LogP contribution in [0.15, 0.2) is 11.6 Å². The summed E-state index contributed by atoms with van der Waals surface area (Å²) in [5, 5.41) is 196. The predicted molar refractivity (Wildman–Crippen MR) is 297 cm³/mol. The quantitative estimate of drug-likeness (QED) is 0.0541. The summed E-state index contributed by atoms with van der Waals surface area (Å²) >= 11 is 0. The van der Waals surface area contributed by atoms with Gasteiger partial charge >= 0.3 is 0 Å². The summed E-state index contributed by atoms with van der Waals surface area (Å²) in [4.78, 5) is 0. The minimum atomic E-state index is -1.91. The molecule has 0 radical (unpaired) electrons. The van der Waals surface area contributed by atoms with Gasteiger partial charge in [0.2, 0.25) is 0 Å². The van der Waals surface area contributed by atoms with Gasteiger partial charge in [0.05, 0.1) is 57.5 Å². The van der Waals surface area contributed by atoms with Crippen molar-refractivity contribution in [2.45, 2.75) is 279 Å². The fourth-order valence-electron chi connectivity index (χ4n) is 18.0. The summed E-state index contributed by atoms with van der Waals surface area (Å²) in [6, 6.07) is 0. The molecule has 9 fully saturated rings. The lowest BCUT2D eigenvalue weighted by Crippen LogP contribution is -2.69. The van der Waals surface area contributed by atoms with Crippen LogP contribution in [0.3, 0.4) is 0 Å². The van der Waals surface area contributed by atoms with Gasteiger partial charge in [-0.2, -0.15) is 0 Å². The molecule has 35 atom stereocenters. The third-order valence-corrected chi connectivity index (χ3v) is 23.8. The monoisotopic (exact) mass is 1270 g/mol. The Kier molecular flexibility index (Phi) is 20.2. The first-order valence-corrected chi connectivity index (χ1v) is 31.4. The average molecular weight is 1270 g/mol. The molecule has 5 aliphatic heterocycles. The Hall–Kier alpha value is -1.38. The highest BCUT2D eigenvalue weighted by molar-refractivity contribution is 5.35. The molecule has 88 heavy (non-hydrogen) atoms. The predicted octanol–water partition coefficient (Wildman–Crippen LogP) is -4.77. The first-order valence-electron chi connectivity index (χ1n) is 31.4. The van der Waals surface area contributed by atoms with Crippen molar-refractivity contribution in [3.8, 4) is 0 Å². The molecule has 0 spiro atoms. The first-order chi connectivity index (χ1) is 41.1. The Morgan fingerprint density at radius 3 is 1.51 bits per heavy atom. The standard InChI is InChI=1S/C60H100O28/c1-23-33(63)38(68)45(75)52(82-23)88-47-42(72)37(67)29(21-80-51-44(74)40(70)35(65)27(19-62)84-51)86-54(47)81-22-60-16-15-58(7)24(25(60)17-55(2,3)48(77)49(60)78)9-10-31-57(6)13-12-32(56(4,5)30(57)11-14-59(31,58)8)87-53-46(76)41(71)36(66)28(85-53)20-79-50-43(73)39(69)34(64)26(18-61)83-50/h9,23,25-54,61-78H,10-22H2,1-8H3/t23?,25?,26?,27?,28?,29?,30?,31?,32-,33-,34+,35+,36+,37+,38?,39?,40?,41?,42?,43-,44-,45-,46-,47-,48-,49-,50+,51+,52-,53-,54+,57-,58+,59+,60?/m0/s1. The Bertz CT molecular complexity index is 2400.